The molecule has 0 radical (unpaired) electrons. The molecular formula is C28H28N6O2. The second-order valence-corrected chi connectivity index (χ2v) is 9.25. The summed E-state index contributed by atoms with van der Waals surface area (Å²) < 4.78 is 8.28. The Kier molecular flexibility index (Phi) is 6.54. The van der Waals surface area contributed by atoms with Gasteiger partial charge >= 0.3 is 6.03 Å². The summed E-state index contributed by atoms with van der Waals surface area (Å²) in [5.41, 5.74) is 4.16. The third kappa shape index (κ3) is 4.73. The first kappa shape index (κ1) is 23.4. The number of rotatable bonds is 7. The summed E-state index contributed by atoms with van der Waals surface area (Å²) in [6, 6.07) is 17.9. The van der Waals surface area contributed by atoms with Gasteiger partial charge in [0.2, 0.25) is 0 Å². The number of benzene rings is 2. The molecule has 1 aliphatic carbocycles. The molecule has 0 saturated heterocycles. The molecule has 1 aliphatic rings. The van der Waals surface area contributed by atoms with Crippen molar-refractivity contribution in [2.24, 2.45) is 0 Å². The number of nitriles is 1. The normalized spacial score (nSPS) is 13.3. The molecule has 0 spiro atoms. The van der Waals surface area contributed by atoms with Crippen LogP contribution in [0.25, 0.3) is 22.2 Å². The van der Waals surface area contributed by atoms with Gasteiger partial charge in [0.1, 0.15) is 18.4 Å². The summed E-state index contributed by atoms with van der Waals surface area (Å²) in [4.78, 5) is 20.5. The standard InChI is InChI=1S/C28H28N6O2/c1-18(2)32-28(35)33-20-9-7-19(8-10-20)27-24(16-29)23-12-11-22(36-17-26-30-13-4-14-31-26)15-25(23)34(27)21-5-3-6-21/h4,7-15,18,21H,3,5-6,17H2,1-2H3,(H2,32,33,35). The van der Waals surface area contributed by atoms with Crippen molar-refractivity contribution in [3.63, 3.8) is 0 Å². The molecule has 0 atom stereocenters. The van der Waals surface area contributed by atoms with Crippen molar-refractivity contribution in [2.75, 3.05) is 5.32 Å². The van der Waals surface area contributed by atoms with E-state index >= 15 is 0 Å². The quantitative estimate of drug-likeness (QED) is 0.348. The number of nitrogens with one attached hydrogen (secondary N) is 2. The maximum atomic E-state index is 12.1. The fourth-order valence-electron chi connectivity index (χ4n) is 4.49. The number of carbonyl (C=O) groups excluding carboxylic acids is 1. The topological polar surface area (TPSA) is 105 Å². The lowest BCUT2D eigenvalue weighted by Crippen LogP contribution is -2.34. The average Bonchev–Trinajstić information content (AvgIpc) is 3.15. The Hall–Kier alpha value is -4.38. The summed E-state index contributed by atoms with van der Waals surface area (Å²) in [6.45, 7) is 4.10. The summed E-state index contributed by atoms with van der Waals surface area (Å²) >= 11 is 0. The van der Waals surface area contributed by atoms with Crippen LogP contribution in [-0.2, 0) is 6.61 Å². The molecule has 8 heteroatoms. The second-order valence-electron chi connectivity index (χ2n) is 9.25. The Labute approximate surface area is 209 Å². The fourth-order valence-corrected chi connectivity index (χ4v) is 4.49. The highest BCUT2D eigenvalue weighted by Crippen LogP contribution is 2.43. The summed E-state index contributed by atoms with van der Waals surface area (Å²) in [5.74, 6) is 1.32. The van der Waals surface area contributed by atoms with Crippen LogP contribution in [-0.4, -0.2) is 26.6 Å². The maximum absolute atomic E-state index is 12.1. The van der Waals surface area contributed by atoms with Crippen LogP contribution in [0.5, 0.6) is 5.75 Å². The van der Waals surface area contributed by atoms with Crippen LogP contribution in [0.1, 0.15) is 50.5 Å². The highest BCUT2D eigenvalue weighted by atomic mass is 16.5. The first-order chi connectivity index (χ1) is 17.5. The van der Waals surface area contributed by atoms with E-state index in [1.54, 1.807) is 18.5 Å². The monoisotopic (exact) mass is 480 g/mol. The van der Waals surface area contributed by atoms with E-state index in [0.29, 0.717) is 28.9 Å². The van der Waals surface area contributed by atoms with Gasteiger partial charge < -0.3 is 19.9 Å². The van der Waals surface area contributed by atoms with Gasteiger partial charge in [-0.3, -0.25) is 0 Å². The van der Waals surface area contributed by atoms with Crippen LogP contribution >= 0.6 is 0 Å². The van der Waals surface area contributed by atoms with Gasteiger partial charge in [-0.1, -0.05) is 12.1 Å². The minimum absolute atomic E-state index is 0.0507. The van der Waals surface area contributed by atoms with E-state index in [2.05, 4.69) is 31.2 Å². The molecule has 2 amide bonds. The molecule has 2 heterocycles. The van der Waals surface area contributed by atoms with E-state index < -0.39 is 0 Å². The van der Waals surface area contributed by atoms with Crippen LogP contribution in [0, 0.1) is 11.3 Å². The Morgan fingerprint density at radius 2 is 1.92 bits per heavy atom. The van der Waals surface area contributed by atoms with E-state index in [9.17, 15) is 10.1 Å². The predicted octanol–water partition coefficient (Wildman–Crippen LogP) is 5.80. The van der Waals surface area contributed by atoms with Crippen LogP contribution in [0.4, 0.5) is 10.5 Å². The van der Waals surface area contributed by atoms with Crippen LogP contribution in [0.3, 0.4) is 0 Å². The molecule has 0 aliphatic heterocycles. The Morgan fingerprint density at radius 3 is 2.56 bits per heavy atom. The van der Waals surface area contributed by atoms with E-state index in [0.717, 1.165) is 35.0 Å². The molecule has 5 rings (SSSR count). The van der Waals surface area contributed by atoms with Crippen LogP contribution < -0.4 is 15.4 Å². The van der Waals surface area contributed by atoms with E-state index in [-0.39, 0.29) is 18.7 Å². The van der Waals surface area contributed by atoms with E-state index in [1.165, 1.54) is 6.42 Å². The number of fused-ring (bicyclic) bond motifs is 1. The molecule has 2 aromatic carbocycles. The molecule has 2 aromatic heterocycles. The van der Waals surface area contributed by atoms with Crippen molar-refractivity contribution in [2.45, 2.75) is 51.8 Å². The van der Waals surface area contributed by atoms with Crippen molar-refractivity contribution in [1.82, 2.24) is 19.9 Å². The minimum Gasteiger partial charge on any atom is -0.486 e. The van der Waals surface area contributed by atoms with Gasteiger partial charge in [-0.25, -0.2) is 14.8 Å². The molecule has 1 fully saturated rings. The number of ether oxygens (including phenoxy) is 1. The predicted molar refractivity (Wildman–Crippen MR) is 139 cm³/mol. The number of carbonyl (C=O) groups is 1. The summed E-state index contributed by atoms with van der Waals surface area (Å²) in [6.07, 6.45) is 6.69. The average molecular weight is 481 g/mol. The Bertz CT molecular complexity index is 1420. The molecule has 182 valence electrons. The molecule has 36 heavy (non-hydrogen) atoms. The molecule has 8 nitrogen and oxygen atoms in total. The SMILES string of the molecule is CC(C)NC(=O)Nc1ccc(-c2c(C#N)c3ccc(OCc4ncccn4)cc3n2C2CCC2)cc1. The lowest BCUT2D eigenvalue weighted by molar-refractivity contribution is 0.250. The van der Waals surface area contributed by atoms with Gasteiger partial charge in [0.25, 0.3) is 0 Å². The van der Waals surface area contributed by atoms with Gasteiger partial charge in [0, 0.05) is 41.6 Å². The van der Waals surface area contributed by atoms with Crippen molar-refractivity contribution in [1.29, 1.82) is 5.26 Å². The number of urea groups is 1. The summed E-state index contributed by atoms with van der Waals surface area (Å²) in [7, 11) is 0. The fraction of sp³-hybridized carbons (Fsp3) is 0.286. The molecular weight excluding hydrogens is 452 g/mol. The Morgan fingerprint density at radius 1 is 1.17 bits per heavy atom. The van der Waals surface area contributed by atoms with Crippen molar-refractivity contribution in [3.05, 3.63) is 72.3 Å². The first-order valence-electron chi connectivity index (χ1n) is 12.2. The smallest absolute Gasteiger partial charge is 0.319 e. The minimum atomic E-state index is -0.243. The largest absolute Gasteiger partial charge is 0.486 e. The van der Waals surface area contributed by atoms with Crippen molar-refractivity contribution in [3.8, 4) is 23.1 Å². The molecule has 0 bridgehead atoms. The van der Waals surface area contributed by atoms with Gasteiger partial charge in [-0.05, 0) is 69.0 Å². The number of anilines is 1. The lowest BCUT2D eigenvalue weighted by atomic mass is 9.92. The first-order valence-corrected chi connectivity index (χ1v) is 12.2. The number of hydrogen-bond acceptors (Lipinski definition) is 5. The Balaban J connectivity index is 1.50. The number of amides is 2. The highest BCUT2D eigenvalue weighted by molar-refractivity contribution is 5.96. The summed E-state index contributed by atoms with van der Waals surface area (Å²) in [5, 5.41) is 16.7. The third-order valence-corrected chi connectivity index (χ3v) is 6.35. The zero-order chi connectivity index (χ0) is 25.1. The molecule has 2 N–H and O–H groups in total. The zero-order valence-corrected chi connectivity index (χ0v) is 20.4. The second kappa shape index (κ2) is 10.1. The van der Waals surface area contributed by atoms with Crippen LogP contribution in [0.2, 0.25) is 0 Å². The third-order valence-electron chi connectivity index (χ3n) is 6.35. The van der Waals surface area contributed by atoms with Crippen LogP contribution in [0.15, 0.2) is 60.9 Å². The maximum Gasteiger partial charge on any atom is 0.319 e. The molecule has 1 saturated carbocycles. The van der Waals surface area contributed by atoms with E-state index in [1.807, 2.05) is 56.3 Å². The van der Waals surface area contributed by atoms with Gasteiger partial charge in [0.15, 0.2) is 5.82 Å². The highest BCUT2D eigenvalue weighted by Gasteiger charge is 2.28. The zero-order valence-electron chi connectivity index (χ0n) is 20.4. The number of hydrogen-bond donors (Lipinski definition) is 2. The van der Waals surface area contributed by atoms with Gasteiger partial charge in [0.05, 0.1) is 16.8 Å². The molecule has 0 unspecified atom stereocenters. The van der Waals surface area contributed by atoms with Gasteiger partial charge in [-0.15, -0.1) is 0 Å². The van der Waals surface area contributed by atoms with Gasteiger partial charge in [-0.2, -0.15) is 5.26 Å². The number of aromatic nitrogens is 3. The molecule has 4 aromatic rings. The number of nitrogens with zero attached hydrogens (tertiary/aromatic N) is 4. The lowest BCUT2D eigenvalue weighted by Gasteiger charge is -2.30. The van der Waals surface area contributed by atoms with Crippen molar-refractivity contribution >= 4 is 22.6 Å². The van der Waals surface area contributed by atoms with Crippen molar-refractivity contribution < 1.29 is 9.53 Å². The van der Waals surface area contributed by atoms with E-state index in [4.69, 9.17) is 4.74 Å².